The molecule has 110 valence electrons. The van der Waals surface area contributed by atoms with Gasteiger partial charge >= 0.3 is 5.97 Å². The van der Waals surface area contributed by atoms with Crippen LogP contribution >= 0.6 is 0 Å². The Kier molecular flexibility index (Phi) is 4.65. The lowest BCUT2D eigenvalue weighted by Crippen LogP contribution is -2.33. The van der Waals surface area contributed by atoms with Crippen molar-refractivity contribution in [1.29, 1.82) is 0 Å². The molecule has 0 radical (unpaired) electrons. The molecule has 0 saturated carbocycles. The number of piperidine rings is 1. The predicted molar refractivity (Wildman–Crippen MR) is 81.3 cm³/mol. The van der Waals surface area contributed by atoms with Crippen molar-refractivity contribution in [3.8, 4) is 0 Å². The largest absolute Gasteiger partial charge is 0.480 e. The summed E-state index contributed by atoms with van der Waals surface area (Å²) >= 11 is 0. The Balaban J connectivity index is 2.21. The molecule has 0 bridgehead atoms. The van der Waals surface area contributed by atoms with Gasteiger partial charge in [0.15, 0.2) is 0 Å². The molecule has 0 aromatic heterocycles. The number of carboxylic acid groups (broad SMARTS) is 1. The van der Waals surface area contributed by atoms with E-state index in [4.69, 9.17) is 10.8 Å². The second-order valence-corrected chi connectivity index (χ2v) is 5.75. The summed E-state index contributed by atoms with van der Waals surface area (Å²) in [7, 11) is 0. The van der Waals surface area contributed by atoms with E-state index in [0.29, 0.717) is 6.42 Å². The standard InChI is InChI=1S/C16H24N2O2/c1-11-8-13(18-6-4-3-5-7-18)9-12(2)14(11)10-15(17)16(19)20/h8-9,15H,3-7,10,17H2,1-2H3,(H,19,20). The third-order valence-electron chi connectivity index (χ3n) is 4.14. The molecule has 0 amide bonds. The molecule has 4 heteroatoms. The number of nitrogens with zero attached hydrogens (tertiary/aromatic N) is 1. The van der Waals surface area contributed by atoms with Gasteiger partial charge in [-0.3, -0.25) is 4.79 Å². The van der Waals surface area contributed by atoms with E-state index >= 15 is 0 Å². The molecule has 1 aromatic rings. The molecular weight excluding hydrogens is 252 g/mol. The van der Waals surface area contributed by atoms with Crippen molar-refractivity contribution in [2.75, 3.05) is 18.0 Å². The van der Waals surface area contributed by atoms with Crippen molar-refractivity contribution < 1.29 is 9.90 Å². The summed E-state index contributed by atoms with van der Waals surface area (Å²) in [5.74, 6) is -0.941. The lowest BCUT2D eigenvalue weighted by atomic mass is 9.95. The maximum Gasteiger partial charge on any atom is 0.320 e. The lowest BCUT2D eigenvalue weighted by molar-refractivity contribution is -0.138. The van der Waals surface area contributed by atoms with E-state index in [2.05, 4.69) is 17.0 Å². The van der Waals surface area contributed by atoms with Crippen LogP contribution in [0.3, 0.4) is 0 Å². The zero-order valence-electron chi connectivity index (χ0n) is 12.4. The number of carboxylic acids is 1. The Hall–Kier alpha value is -1.55. The first kappa shape index (κ1) is 14.9. The van der Waals surface area contributed by atoms with Crippen molar-refractivity contribution in [3.05, 3.63) is 28.8 Å². The number of carbonyl (C=O) groups is 1. The third-order valence-corrected chi connectivity index (χ3v) is 4.14. The van der Waals surface area contributed by atoms with Gasteiger partial charge in [-0.15, -0.1) is 0 Å². The monoisotopic (exact) mass is 276 g/mol. The number of hydrogen-bond donors (Lipinski definition) is 2. The minimum absolute atomic E-state index is 0.396. The van der Waals surface area contributed by atoms with Gasteiger partial charge in [0.05, 0.1) is 0 Å². The highest BCUT2D eigenvalue weighted by molar-refractivity contribution is 5.73. The van der Waals surface area contributed by atoms with Gasteiger partial charge in [0.25, 0.3) is 0 Å². The summed E-state index contributed by atoms with van der Waals surface area (Å²) in [6, 6.07) is 3.51. The summed E-state index contributed by atoms with van der Waals surface area (Å²) in [6.45, 7) is 6.33. The third kappa shape index (κ3) is 3.31. The van der Waals surface area contributed by atoms with Crippen LogP contribution in [-0.2, 0) is 11.2 Å². The average molecular weight is 276 g/mol. The Morgan fingerprint density at radius 1 is 1.25 bits per heavy atom. The second-order valence-electron chi connectivity index (χ2n) is 5.75. The molecule has 1 aromatic carbocycles. The molecule has 0 aliphatic carbocycles. The van der Waals surface area contributed by atoms with E-state index in [9.17, 15) is 4.79 Å². The van der Waals surface area contributed by atoms with Gasteiger partial charge in [0.1, 0.15) is 6.04 Å². The number of aliphatic carboxylic acids is 1. The quantitative estimate of drug-likeness (QED) is 0.885. The van der Waals surface area contributed by atoms with E-state index in [1.165, 1.54) is 24.9 Å². The SMILES string of the molecule is Cc1cc(N2CCCCC2)cc(C)c1CC(N)C(=O)O. The van der Waals surface area contributed by atoms with Crippen LogP contribution in [0.5, 0.6) is 0 Å². The first-order chi connectivity index (χ1) is 9.49. The minimum atomic E-state index is -0.941. The van der Waals surface area contributed by atoms with Gasteiger partial charge in [0, 0.05) is 18.8 Å². The van der Waals surface area contributed by atoms with Crippen molar-refractivity contribution in [1.82, 2.24) is 0 Å². The first-order valence-corrected chi connectivity index (χ1v) is 7.32. The number of aryl methyl sites for hydroxylation is 2. The van der Waals surface area contributed by atoms with Gasteiger partial charge in [-0.25, -0.2) is 0 Å². The van der Waals surface area contributed by atoms with Gasteiger partial charge in [-0.1, -0.05) is 0 Å². The number of hydrogen-bond acceptors (Lipinski definition) is 3. The Morgan fingerprint density at radius 3 is 2.30 bits per heavy atom. The van der Waals surface area contributed by atoms with Crippen molar-refractivity contribution >= 4 is 11.7 Å². The van der Waals surface area contributed by atoms with Crippen molar-refractivity contribution in [2.45, 2.75) is 45.6 Å². The molecule has 1 atom stereocenters. The molecule has 4 nitrogen and oxygen atoms in total. The topological polar surface area (TPSA) is 66.6 Å². The van der Waals surface area contributed by atoms with E-state index in [1.807, 2.05) is 13.8 Å². The Bertz CT molecular complexity index is 470. The van der Waals surface area contributed by atoms with E-state index in [0.717, 1.165) is 29.8 Å². The summed E-state index contributed by atoms with van der Waals surface area (Å²) in [5, 5.41) is 8.95. The Morgan fingerprint density at radius 2 is 1.80 bits per heavy atom. The predicted octanol–water partition coefficient (Wildman–Crippen LogP) is 2.25. The van der Waals surface area contributed by atoms with Gasteiger partial charge in [-0.2, -0.15) is 0 Å². The zero-order valence-corrected chi connectivity index (χ0v) is 12.4. The summed E-state index contributed by atoms with van der Waals surface area (Å²) in [6.07, 6.45) is 4.22. The number of anilines is 1. The van der Waals surface area contributed by atoms with Crippen molar-refractivity contribution in [3.63, 3.8) is 0 Å². The molecule has 1 fully saturated rings. The van der Waals surface area contributed by atoms with Crippen LogP contribution in [0.15, 0.2) is 12.1 Å². The highest BCUT2D eigenvalue weighted by Crippen LogP contribution is 2.26. The zero-order chi connectivity index (χ0) is 14.7. The fourth-order valence-corrected chi connectivity index (χ4v) is 2.93. The van der Waals surface area contributed by atoms with Crippen LogP contribution in [0, 0.1) is 13.8 Å². The normalized spacial score (nSPS) is 17.1. The summed E-state index contributed by atoms with van der Waals surface area (Å²) < 4.78 is 0. The fourth-order valence-electron chi connectivity index (χ4n) is 2.93. The molecule has 1 aliphatic rings. The molecule has 3 N–H and O–H groups in total. The highest BCUT2D eigenvalue weighted by atomic mass is 16.4. The average Bonchev–Trinajstić information content (AvgIpc) is 2.43. The van der Waals surface area contributed by atoms with E-state index in [-0.39, 0.29) is 0 Å². The van der Waals surface area contributed by atoms with Crippen LogP contribution in [-0.4, -0.2) is 30.2 Å². The number of rotatable bonds is 4. The molecule has 1 unspecified atom stereocenters. The van der Waals surface area contributed by atoms with E-state index < -0.39 is 12.0 Å². The number of nitrogens with two attached hydrogens (primary N) is 1. The van der Waals surface area contributed by atoms with Crippen LogP contribution in [0.1, 0.15) is 36.0 Å². The molecule has 1 saturated heterocycles. The van der Waals surface area contributed by atoms with Gasteiger partial charge in [0.2, 0.25) is 0 Å². The van der Waals surface area contributed by atoms with E-state index in [1.54, 1.807) is 0 Å². The molecular formula is C16H24N2O2. The van der Waals surface area contributed by atoms with Gasteiger partial charge < -0.3 is 15.7 Å². The Labute approximate surface area is 120 Å². The first-order valence-electron chi connectivity index (χ1n) is 7.32. The summed E-state index contributed by atoms with van der Waals surface area (Å²) in [4.78, 5) is 13.3. The molecule has 0 spiro atoms. The van der Waals surface area contributed by atoms with Crippen LogP contribution in [0.2, 0.25) is 0 Å². The maximum atomic E-state index is 10.9. The van der Waals surface area contributed by atoms with Crippen LogP contribution in [0.4, 0.5) is 5.69 Å². The maximum absolute atomic E-state index is 10.9. The van der Waals surface area contributed by atoms with Crippen LogP contribution in [0.25, 0.3) is 0 Å². The molecule has 1 aliphatic heterocycles. The van der Waals surface area contributed by atoms with Crippen molar-refractivity contribution in [2.24, 2.45) is 5.73 Å². The summed E-state index contributed by atoms with van der Waals surface area (Å²) in [5.41, 5.74) is 10.3. The molecule has 20 heavy (non-hydrogen) atoms. The highest BCUT2D eigenvalue weighted by Gasteiger charge is 2.17. The number of benzene rings is 1. The molecule has 2 rings (SSSR count). The molecule has 1 heterocycles. The fraction of sp³-hybridized carbons (Fsp3) is 0.562. The smallest absolute Gasteiger partial charge is 0.320 e. The second kappa shape index (κ2) is 6.27. The van der Waals surface area contributed by atoms with Gasteiger partial charge in [-0.05, 0) is 68.4 Å². The lowest BCUT2D eigenvalue weighted by Gasteiger charge is -2.30. The minimum Gasteiger partial charge on any atom is -0.480 e. The van der Waals surface area contributed by atoms with Crippen LogP contribution < -0.4 is 10.6 Å².